The number of unbranched alkanes of at least 4 members (excludes halogenated alkanes) is 1. The summed E-state index contributed by atoms with van der Waals surface area (Å²) in [6.45, 7) is 2.26. The third-order valence-electron chi connectivity index (χ3n) is 3.88. The molecule has 3 heteroatoms. The number of hydrogen-bond donors (Lipinski definition) is 0. The van der Waals surface area contributed by atoms with Gasteiger partial charge in [0.15, 0.2) is 0 Å². The summed E-state index contributed by atoms with van der Waals surface area (Å²) in [6.07, 6.45) is 3.53. The normalized spacial score (nSPS) is 10.6. The van der Waals surface area contributed by atoms with Crippen LogP contribution in [0.2, 0.25) is 0 Å². The summed E-state index contributed by atoms with van der Waals surface area (Å²) in [6, 6.07) is 32.1. The van der Waals surface area contributed by atoms with Crippen molar-refractivity contribution in [2.45, 2.75) is 40.9 Å². The zero-order chi connectivity index (χ0) is 18.7. The van der Waals surface area contributed by atoms with Gasteiger partial charge in [0, 0.05) is 19.6 Å². The van der Waals surface area contributed by atoms with Crippen LogP contribution < -0.4 is 0 Å². The molecule has 0 bridgehead atoms. The lowest BCUT2D eigenvalue weighted by molar-refractivity contribution is 0.809. The Morgan fingerprint density at radius 2 is 1.00 bits per heavy atom. The largest absolute Gasteiger partial charge is 0.0928 e. The van der Waals surface area contributed by atoms with E-state index >= 15 is 0 Å². The van der Waals surface area contributed by atoms with Gasteiger partial charge < -0.3 is 0 Å². The maximum absolute atomic E-state index is 2.26. The van der Waals surface area contributed by atoms with Gasteiger partial charge in [-0.1, -0.05) is 103 Å². The molecule has 0 radical (unpaired) electrons. The van der Waals surface area contributed by atoms with E-state index in [9.17, 15) is 0 Å². The standard InChI is InChI=1S/C24H24S3/c1-2-3-19-23(25-20-13-7-4-8-14-20)24(26-21-15-9-5-10-16-21)27-22-17-11-6-12-18-22/h4-18H,2-3,19H2,1H3. The van der Waals surface area contributed by atoms with Gasteiger partial charge in [0.05, 0.1) is 4.24 Å². The second-order valence-electron chi connectivity index (χ2n) is 6.06. The highest BCUT2D eigenvalue weighted by Gasteiger charge is 2.13. The molecular weight excluding hydrogens is 384 g/mol. The third kappa shape index (κ3) is 6.84. The van der Waals surface area contributed by atoms with E-state index < -0.39 is 0 Å². The zero-order valence-corrected chi connectivity index (χ0v) is 18.0. The van der Waals surface area contributed by atoms with Gasteiger partial charge in [0.25, 0.3) is 0 Å². The van der Waals surface area contributed by atoms with Crippen molar-refractivity contribution in [3.63, 3.8) is 0 Å². The third-order valence-corrected chi connectivity index (χ3v) is 7.68. The summed E-state index contributed by atoms with van der Waals surface area (Å²) in [4.78, 5) is 5.35. The Hall–Kier alpha value is -1.55. The molecule has 0 aromatic heterocycles. The molecule has 3 rings (SSSR count). The molecule has 27 heavy (non-hydrogen) atoms. The van der Waals surface area contributed by atoms with Crippen LogP contribution in [0.1, 0.15) is 26.2 Å². The number of allylic oxidation sites excluding steroid dienone is 1. The van der Waals surface area contributed by atoms with Gasteiger partial charge in [-0.2, -0.15) is 0 Å². The first-order valence-electron chi connectivity index (χ1n) is 9.27. The number of benzene rings is 3. The molecule has 0 unspecified atom stereocenters. The molecule has 0 aliphatic heterocycles. The van der Waals surface area contributed by atoms with Gasteiger partial charge in [0.2, 0.25) is 0 Å². The van der Waals surface area contributed by atoms with Gasteiger partial charge >= 0.3 is 0 Å². The van der Waals surface area contributed by atoms with Gasteiger partial charge in [-0.25, -0.2) is 0 Å². The molecule has 0 aliphatic carbocycles. The Morgan fingerprint density at radius 3 is 1.41 bits per heavy atom. The highest BCUT2D eigenvalue weighted by atomic mass is 32.2. The second-order valence-corrected chi connectivity index (χ2v) is 9.65. The molecule has 0 spiro atoms. The fraction of sp³-hybridized carbons (Fsp3) is 0.167. The van der Waals surface area contributed by atoms with Crippen LogP contribution in [-0.2, 0) is 0 Å². The van der Waals surface area contributed by atoms with Gasteiger partial charge in [-0.05, 0) is 49.2 Å². The summed E-state index contributed by atoms with van der Waals surface area (Å²) >= 11 is 5.68. The maximum atomic E-state index is 2.26. The van der Waals surface area contributed by atoms with Crippen LogP contribution in [0, 0.1) is 0 Å². The van der Waals surface area contributed by atoms with Crippen molar-refractivity contribution in [3.8, 4) is 0 Å². The van der Waals surface area contributed by atoms with E-state index in [1.54, 1.807) is 0 Å². The second kappa shape index (κ2) is 11.3. The van der Waals surface area contributed by atoms with Crippen LogP contribution in [0.25, 0.3) is 0 Å². The van der Waals surface area contributed by atoms with E-state index in [0.29, 0.717) is 0 Å². The van der Waals surface area contributed by atoms with Crippen molar-refractivity contribution in [1.82, 2.24) is 0 Å². The lowest BCUT2D eigenvalue weighted by atomic mass is 10.2. The summed E-state index contributed by atoms with van der Waals surface area (Å²) in [5.41, 5.74) is 0. The van der Waals surface area contributed by atoms with E-state index in [0.717, 1.165) is 6.42 Å². The van der Waals surface area contributed by atoms with Crippen LogP contribution in [-0.4, -0.2) is 0 Å². The minimum absolute atomic E-state index is 1.12. The van der Waals surface area contributed by atoms with Crippen LogP contribution in [0.4, 0.5) is 0 Å². The van der Waals surface area contributed by atoms with E-state index in [1.807, 2.05) is 35.3 Å². The highest BCUT2D eigenvalue weighted by Crippen LogP contribution is 2.46. The van der Waals surface area contributed by atoms with E-state index in [2.05, 4.69) is 97.9 Å². The average molecular weight is 409 g/mol. The number of rotatable bonds is 9. The average Bonchev–Trinajstić information content (AvgIpc) is 2.73. The first kappa shape index (κ1) is 20.2. The molecule has 0 saturated carbocycles. The Labute approximate surface area is 175 Å². The number of thioether (sulfide) groups is 3. The minimum atomic E-state index is 1.12. The predicted octanol–water partition coefficient (Wildman–Crippen LogP) is 8.72. The molecule has 138 valence electrons. The summed E-state index contributed by atoms with van der Waals surface area (Å²) < 4.78 is 1.38. The first-order chi connectivity index (χ1) is 13.3. The molecule has 0 amide bonds. The van der Waals surface area contributed by atoms with E-state index in [1.165, 1.54) is 36.7 Å². The molecular formula is C24H24S3. The minimum Gasteiger partial charge on any atom is -0.0928 e. The summed E-state index contributed by atoms with van der Waals surface area (Å²) in [5, 5.41) is 0. The van der Waals surface area contributed by atoms with Crippen LogP contribution in [0.5, 0.6) is 0 Å². The molecule has 0 aliphatic rings. The molecule has 0 saturated heterocycles. The number of hydrogen-bond acceptors (Lipinski definition) is 3. The Bertz CT molecular complexity index is 784. The molecule has 0 N–H and O–H groups in total. The fourth-order valence-corrected chi connectivity index (χ4v) is 6.09. The molecule has 0 atom stereocenters. The lowest BCUT2D eigenvalue weighted by Gasteiger charge is -2.15. The Kier molecular flexibility index (Phi) is 8.47. The van der Waals surface area contributed by atoms with Crippen molar-refractivity contribution in [2.75, 3.05) is 0 Å². The summed E-state index contributed by atoms with van der Waals surface area (Å²) in [7, 11) is 0. The first-order valence-corrected chi connectivity index (χ1v) is 11.7. The zero-order valence-electron chi connectivity index (χ0n) is 15.5. The fourth-order valence-electron chi connectivity index (χ4n) is 2.49. The van der Waals surface area contributed by atoms with E-state index in [4.69, 9.17) is 0 Å². The van der Waals surface area contributed by atoms with Gasteiger partial charge in [-0.15, -0.1) is 0 Å². The van der Waals surface area contributed by atoms with Gasteiger partial charge in [-0.3, -0.25) is 0 Å². The Balaban J connectivity index is 1.94. The quantitative estimate of drug-likeness (QED) is 0.325. The maximum Gasteiger partial charge on any atom is 0.0597 e. The van der Waals surface area contributed by atoms with Crippen LogP contribution in [0.3, 0.4) is 0 Å². The SMILES string of the molecule is CCCCC(Sc1ccccc1)=C(Sc1ccccc1)Sc1ccccc1. The van der Waals surface area contributed by atoms with Crippen molar-refractivity contribution in [3.05, 3.63) is 100 Å². The molecule has 3 aromatic carbocycles. The van der Waals surface area contributed by atoms with Crippen molar-refractivity contribution < 1.29 is 0 Å². The molecule has 3 aromatic rings. The molecule has 0 heterocycles. The lowest BCUT2D eigenvalue weighted by Crippen LogP contribution is -1.86. The van der Waals surface area contributed by atoms with Crippen LogP contribution in [0.15, 0.2) is 115 Å². The topological polar surface area (TPSA) is 0 Å². The highest BCUT2D eigenvalue weighted by molar-refractivity contribution is 8.23. The predicted molar refractivity (Wildman–Crippen MR) is 123 cm³/mol. The smallest absolute Gasteiger partial charge is 0.0597 e. The van der Waals surface area contributed by atoms with Crippen molar-refractivity contribution in [1.29, 1.82) is 0 Å². The Morgan fingerprint density at radius 1 is 0.593 bits per heavy atom. The van der Waals surface area contributed by atoms with Crippen molar-refractivity contribution in [2.24, 2.45) is 0 Å². The van der Waals surface area contributed by atoms with Crippen molar-refractivity contribution >= 4 is 35.3 Å². The summed E-state index contributed by atoms with van der Waals surface area (Å²) in [5.74, 6) is 0. The van der Waals surface area contributed by atoms with E-state index in [-0.39, 0.29) is 0 Å². The van der Waals surface area contributed by atoms with Gasteiger partial charge in [0.1, 0.15) is 0 Å². The monoisotopic (exact) mass is 408 g/mol. The molecule has 0 fully saturated rings. The molecule has 0 nitrogen and oxygen atoms in total. The van der Waals surface area contributed by atoms with Crippen LogP contribution >= 0.6 is 35.3 Å².